The fourth-order valence-electron chi connectivity index (χ4n) is 2.60. The van der Waals surface area contributed by atoms with Crippen molar-refractivity contribution in [3.8, 4) is 22.1 Å². The van der Waals surface area contributed by atoms with Crippen LogP contribution in [0, 0.1) is 0 Å². The standard InChI is InChI=1S/C15H19N3O2S/c1-18-15(16-11-5-3-2-4-6-11)21-14(17-18)10-7-8-12(19)13(20)9-10/h7-9,11,19-20H,2-6H2,1H3. The van der Waals surface area contributed by atoms with E-state index in [-0.39, 0.29) is 11.5 Å². The molecule has 0 spiro atoms. The lowest BCUT2D eigenvalue weighted by atomic mass is 9.96. The van der Waals surface area contributed by atoms with Crippen molar-refractivity contribution in [3.63, 3.8) is 0 Å². The first-order valence-electron chi connectivity index (χ1n) is 7.24. The summed E-state index contributed by atoms with van der Waals surface area (Å²) in [6.07, 6.45) is 6.16. The Morgan fingerprint density at radius 3 is 2.67 bits per heavy atom. The molecule has 0 bridgehead atoms. The zero-order valence-electron chi connectivity index (χ0n) is 12.0. The van der Waals surface area contributed by atoms with E-state index in [1.54, 1.807) is 10.7 Å². The lowest BCUT2D eigenvalue weighted by Crippen LogP contribution is -2.18. The number of hydrogen-bond donors (Lipinski definition) is 2. The van der Waals surface area contributed by atoms with E-state index in [9.17, 15) is 10.2 Å². The molecule has 1 aliphatic carbocycles. The molecule has 1 saturated carbocycles. The van der Waals surface area contributed by atoms with Crippen molar-refractivity contribution in [2.75, 3.05) is 0 Å². The highest BCUT2D eigenvalue weighted by Crippen LogP contribution is 2.30. The van der Waals surface area contributed by atoms with Crippen LogP contribution in [0.15, 0.2) is 23.2 Å². The number of benzene rings is 1. The number of rotatable bonds is 2. The topological polar surface area (TPSA) is 70.6 Å². The molecule has 6 heteroatoms. The molecule has 0 atom stereocenters. The Morgan fingerprint density at radius 1 is 1.19 bits per heavy atom. The molecule has 1 heterocycles. The molecule has 0 saturated heterocycles. The number of aryl methyl sites for hydroxylation is 1. The first kappa shape index (κ1) is 14.1. The maximum atomic E-state index is 9.60. The summed E-state index contributed by atoms with van der Waals surface area (Å²) in [7, 11) is 1.89. The van der Waals surface area contributed by atoms with Gasteiger partial charge in [0.1, 0.15) is 5.01 Å². The molecule has 112 valence electrons. The van der Waals surface area contributed by atoms with Gasteiger partial charge in [0.2, 0.25) is 4.80 Å². The Kier molecular flexibility index (Phi) is 3.96. The van der Waals surface area contributed by atoms with Crippen LogP contribution in [0.5, 0.6) is 11.5 Å². The molecule has 1 fully saturated rings. The van der Waals surface area contributed by atoms with Gasteiger partial charge in [0.15, 0.2) is 11.5 Å². The summed E-state index contributed by atoms with van der Waals surface area (Å²) in [4.78, 5) is 5.72. The van der Waals surface area contributed by atoms with Gasteiger partial charge in [-0.25, -0.2) is 4.68 Å². The molecule has 0 unspecified atom stereocenters. The van der Waals surface area contributed by atoms with Crippen LogP contribution in [-0.4, -0.2) is 26.0 Å². The number of phenols is 2. The van der Waals surface area contributed by atoms with Gasteiger partial charge in [-0.15, -0.1) is 0 Å². The molecular formula is C15H19N3O2S. The smallest absolute Gasteiger partial charge is 0.203 e. The predicted octanol–water partition coefficient (Wildman–Crippen LogP) is 2.79. The molecule has 0 amide bonds. The van der Waals surface area contributed by atoms with Crippen LogP contribution in [-0.2, 0) is 7.05 Å². The molecule has 21 heavy (non-hydrogen) atoms. The monoisotopic (exact) mass is 305 g/mol. The van der Waals surface area contributed by atoms with Gasteiger partial charge in [-0.3, -0.25) is 4.99 Å². The van der Waals surface area contributed by atoms with Crippen LogP contribution in [0.2, 0.25) is 0 Å². The van der Waals surface area contributed by atoms with Crippen molar-refractivity contribution in [2.45, 2.75) is 38.1 Å². The molecular weight excluding hydrogens is 286 g/mol. The van der Waals surface area contributed by atoms with E-state index < -0.39 is 0 Å². The fourth-order valence-corrected chi connectivity index (χ4v) is 3.56. The molecule has 5 nitrogen and oxygen atoms in total. The van der Waals surface area contributed by atoms with Gasteiger partial charge in [0, 0.05) is 12.6 Å². The molecule has 1 aromatic carbocycles. The van der Waals surface area contributed by atoms with Crippen molar-refractivity contribution in [3.05, 3.63) is 23.0 Å². The summed E-state index contributed by atoms with van der Waals surface area (Å²) < 4.78 is 1.79. The summed E-state index contributed by atoms with van der Waals surface area (Å²) in [6, 6.07) is 5.16. The molecule has 0 radical (unpaired) electrons. The molecule has 0 aliphatic heterocycles. The van der Waals surface area contributed by atoms with Crippen molar-refractivity contribution in [2.24, 2.45) is 12.0 Å². The second kappa shape index (κ2) is 5.89. The van der Waals surface area contributed by atoms with E-state index in [4.69, 9.17) is 4.99 Å². The minimum atomic E-state index is -0.129. The number of aromatic nitrogens is 2. The third kappa shape index (κ3) is 3.10. The molecule has 2 N–H and O–H groups in total. The van der Waals surface area contributed by atoms with Crippen LogP contribution in [0.4, 0.5) is 0 Å². The van der Waals surface area contributed by atoms with E-state index in [2.05, 4.69) is 5.10 Å². The summed E-state index contributed by atoms with van der Waals surface area (Å²) in [6.45, 7) is 0. The maximum absolute atomic E-state index is 9.60. The van der Waals surface area contributed by atoms with Gasteiger partial charge in [-0.1, -0.05) is 30.6 Å². The highest BCUT2D eigenvalue weighted by atomic mass is 32.1. The normalized spacial score (nSPS) is 17.3. The lowest BCUT2D eigenvalue weighted by molar-refractivity contribution is 0.404. The lowest BCUT2D eigenvalue weighted by Gasteiger charge is -2.16. The number of phenolic OH excluding ortho intramolecular Hbond substituents is 2. The summed E-state index contributed by atoms with van der Waals surface area (Å²) >= 11 is 1.51. The Hall–Kier alpha value is -1.82. The maximum Gasteiger partial charge on any atom is 0.203 e. The Morgan fingerprint density at radius 2 is 1.95 bits per heavy atom. The van der Waals surface area contributed by atoms with Gasteiger partial charge >= 0.3 is 0 Å². The zero-order valence-corrected chi connectivity index (χ0v) is 12.8. The van der Waals surface area contributed by atoms with E-state index in [0.717, 1.165) is 28.2 Å². The number of hydrogen-bond acceptors (Lipinski definition) is 5. The third-order valence-electron chi connectivity index (χ3n) is 3.80. The van der Waals surface area contributed by atoms with Gasteiger partial charge in [0.05, 0.1) is 6.04 Å². The van der Waals surface area contributed by atoms with Crippen LogP contribution < -0.4 is 4.80 Å². The summed E-state index contributed by atoms with van der Waals surface area (Å²) in [5.74, 6) is -0.247. The van der Waals surface area contributed by atoms with E-state index in [1.807, 2.05) is 7.05 Å². The zero-order chi connectivity index (χ0) is 14.8. The number of aromatic hydroxyl groups is 2. The van der Waals surface area contributed by atoms with Crippen molar-refractivity contribution >= 4 is 11.3 Å². The second-order valence-electron chi connectivity index (χ2n) is 5.44. The SMILES string of the molecule is Cn1nc(-c2ccc(O)c(O)c2)sc1=NC1CCCCC1. The van der Waals surface area contributed by atoms with E-state index >= 15 is 0 Å². The van der Waals surface area contributed by atoms with Gasteiger partial charge in [0.25, 0.3) is 0 Å². The minimum absolute atomic E-state index is 0.119. The molecule has 1 aliphatic rings. The Balaban J connectivity index is 1.93. The average molecular weight is 305 g/mol. The highest BCUT2D eigenvalue weighted by molar-refractivity contribution is 7.12. The van der Waals surface area contributed by atoms with Crippen LogP contribution in [0.3, 0.4) is 0 Å². The third-order valence-corrected chi connectivity index (χ3v) is 4.86. The highest BCUT2D eigenvalue weighted by Gasteiger charge is 2.13. The first-order chi connectivity index (χ1) is 10.1. The second-order valence-corrected chi connectivity index (χ2v) is 6.39. The van der Waals surface area contributed by atoms with E-state index in [1.165, 1.54) is 42.7 Å². The summed E-state index contributed by atoms with van der Waals surface area (Å²) in [5.41, 5.74) is 0.788. The average Bonchev–Trinajstić information content (AvgIpc) is 2.84. The molecule has 2 aromatic rings. The Bertz CT molecular complexity index is 699. The van der Waals surface area contributed by atoms with Crippen LogP contribution >= 0.6 is 11.3 Å². The van der Waals surface area contributed by atoms with Crippen LogP contribution in [0.1, 0.15) is 32.1 Å². The van der Waals surface area contributed by atoms with Gasteiger partial charge in [-0.05, 0) is 31.0 Å². The van der Waals surface area contributed by atoms with Gasteiger partial charge < -0.3 is 10.2 Å². The number of nitrogens with zero attached hydrogens (tertiary/aromatic N) is 3. The fraction of sp³-hybridized carbons (Fsp3) is 0.467. The molecule has 3 rings (SSSR count). The van der Waals surface area contributed by atoms with E-state index in [0.29, 0.717) is 6.04 Å². The predicted molar refractivity (Wildman–Crippen MR) is 82.3 cm³/mol. The van der Waals surface area contributed by atoms with Crippen molar-refractivity contribution in [1.82, 2.24) is 9.78 Å². The first-order valence-corrected chi connectivity index (χ1v) is 8.05. The molecule has 1 aromatic heterocycles. The summed E-state index contributed by atoms with van der Waals surface area (Å²) in [5, 5.41) is 24.2. The largest absolute Gasteiger partial charge is 0.504 e. The van der Waals surface area contributed by atoms with Gasteiger partial charge in [-0.2, -0.15) is 5.10 Å². The van der Waals surface area contributed by atoms with Crippen LogP contribution in [0.25, 0.3) is 10.6 Å². The quantitative estimate of drug-likeness (QED) is 0.838. The van der Waals surface area contributed by atoms with Crippen molar-refractivity contribution in [1.29, 1.82) is 0 Å². The van der Waals surface area contributed by atoms with Crippen molar-refractivity contribution < 1.29 is 10.2 Å². The minimum Gasteiger partial charge on any atom is -0.504 e. The Labute approximate surface area is 127 Å².